The maximum Gasteiger partial charge on any atom is 0.273 e. The summed E-state index contributed by atoms with van der Waals surface area (Å²) in [5.41, 5.74) is 5.33. The van der Waals surface area contributed by atoms with Crippen LogP contribution in [-0.4, -0.2) is 45.7 Å². The van der Waals surface area contributed by atoms with E-state index in [1.54, 1.807) is 0 Å². The molecule has 6 heteroatoms. The second kappa shape index (κ2) is 9.18. The van der Waals surface area contributed by atoms with Gasteiger partial charge in [0.15, 0.2) is 5.82 Å². The van der Waals surface area contributed by atoms with E-state index in [0.29, 0.717) is 55.0 Å². The van der Waals surface area contributed by atoms with E-state index in [1.165, 1.54) is 37.7 Å². The third-order valence-corrected chi connectivity index (χ3v) is 7.19. The Bertz CT molecular complexity index is 1100. The summed E-state index contributed by atoms with van der Waals surface area (Å²) in [5, 5.41) is 9.04. The smallest absolute Gasteiger partial charge is 0.273 e. The first-order valence-corrected chi connectivity index (χ1v) is 12.2. The summed E-state index contributed by atoms with van der Waals surface area (Å²) in [6.45, 7) is 5.61. The first-order valence-electron chi connectivity index (χ1n) is 12.2. The number of nitrogens with zero attached hydrogens (tertiary/aromatic N) is 3. The average Bonchev–Trinajstić information content (AvgIpc) is 3.21. The highest BCUT2D eigenvalue weighted by Crippen LogP contribution is 2.33. The normalized spacial score (nSPS) is 19.1. The predicted molar refractivity (Wildman–Crippen MR) is 129 cm³/mol. The van der Waals surface area contributed by atoms with Crippen molar-refractivity contribution in [1.82, 2.24) is 14.9 Å². The molecule has 1 aromatic carbocycles. The summed E-state index contributed by atoms with van der Waals surface area (Å²) in [4.78, 5) is 24.5. The van der Waals surface area contributed by atoms with Crippen molar-refractivity contribution in [1.29, 1.82) is 5.41 Å². The number of ether oxygens (including phenoxy) is 1. The van der Waals surface area contributed by atoms with Crippen molar-refractivity contribution >= 4 is 17.2 Å². The zero-order valence-corrected chi connectivity index (χ0v) is 19.6. The second-order valence-electron chi connectivity index (χ2n) is 9.64. The zero-order valence-electron chi connectivity index (χ0n) is 19.6. The van der Waals surface area contributed by atoms with Crippen molar-refractivity contribution in [2.45, 2.75) is 70.9 Å². The fourth-order valence-corrected chi connectivity index (χ4v) is 5.18. The van der Waals surface area contributed by atoms with Crippen LogP contribution in [0.2, 0.25) is 0 Å². The summed E-state index contributed by atoms with van der Waals surface area (Å²) in [6.07, 6.45) is 9.16. The molecule has 0 spiro atoms. The van der Waals surface area contributed by atoms with Gasteiger partial charge in [-0.15, -0.1) is 0 Å². The highest BCUT2D eigenvalue weighted by Gasteiger charge is 2.35. The molecular weight excluding hydrogens is 412 g/mol. The maximum atomic E-state index is 13.1. The number of carbonyl (C=O) groups excluding carboxylic acids is 1. The molecule has 3 heterocycles. The van der Waals surface area contributed by atoms with Gasteiger partial charge in [-0.2, -0.15) is 0 Å². The Labute approximate surface area is 195 Å². The van der Waals surface area contributed by atoms with Crippen LogP contribution >= 0.6 is 0 Å². The molecule has 1 amide bonds. The molecule has 0 radical (unpaired) electrons. The van der Waals surface area contributed by atoms with Gasteiger partial charge >= 0.3 is 0 Å². The molecular formula is C27H32N4O2. The van der Waals surface area contributed by atoms with Crippen LogP contribution in [0.15, 0.2) is 30.3 Å². The van der Waals surface area contributed by atoms with E-state index in [-0.39, 0.29) is 11.9 Å². The molecule has 1 saturated carbocycles. The van der Waals surface area contributed by atoms with E-state index in [9.17, 15) is 4.79 Å². The first-order chi connectivity index (χ1) is 16.0. The van der Waals surface area contributed by atoms with Gasteiger partial charge in [0.25, 0.3) is 5.91 Å². The van der Waals surface area contributed by atoms with E-state index >= 15 is 0 Å². The molecule has 33 heavy (non-hydrogen) atoms. The lowest BCUT2D eigenvalue weighted by atomic mass is 9.83. The molecule has 6 nitrogen and oxygen atoms in total. The van der Waals surface area contributed by atoms with Crippen LogP contribution in [0.3, 0.4) is 0 Å². The fraction of sp³-hybridized carbons (Fsp3) is 0.481. The average molecular weight is 445 g/mol. The van der Waals surface area contributed by atoms with Crippen LogP contribution in [-0.2, 0) is 11.3 Å². The minimum Gasteiger partial charge on any atom is -0.377 e. The predicted octanol–water partition coefficient (Wildman–Crippen LogP) is 5.11. The van der Waals surface area contributed by atoms with Gasteiger partial charge in [0.05, 0.1) is 31.2 Å². The minimum absolute atomic E-state index is 0.0641. The van der Waals surface area contributed by atoms with Gasteiger partial charge in [-0.1, -0.05) is 49.6 Å². The molecule has 0 bridgehead atoms. The Balaban J connectivity index is 1.52. The van der Waals surface area contributed by atoms with Crippen molar-refractivity contribution in [2.24, 2.45) is 0 Å². The van der Waals surface area contributed by atoms with Crippen LogP contribution in [0.25, 0.3) is 5.57 Å². The molecule has 172 valence electrons. The van der Waals surface area contributed by atoms with Crippen LogP contribution in [0.4, 0.5) is 0 Å². The van der Waals surface area contributed by atoms with Crippen LogP contribution < -0.4 is 0 Å². The largest absolute Gasteiger partial charge is 0.377 e. The third-order valence-electron chi connectivity index (χ3n) is 7.19. The number of fused-ring (bicyclic) bond motifs is 1. The minimum atomic E-state index is -0.0713. The highest BCUT2D eigenvalue weighted by molar-refractivity contribution is 6.12. The van der Waals surface area contributed by atoms with Gasteiger partial charge in [0.1, 0.15) is 5.69 Å². The summed E-state index contributed by atoms with van der Waals surface area (Å²) >= 11 is 0. The lowest BCUT2D eigenvalue weighted by Gasteiger charge is -2.22. The van der Waals surface area contributed by atoms with E-state index < -0.39 is 0 Å². The maximum absolute atomic E-state index is 13.1. The van der Waals surface area contributed by atoms with E-state index in [1.807, 2.05) is 37.0 Å². The topological polar surface area (TPSA) is 79.2 Å². The van der Waals surface area contributed by atoms with Crippen molar-refractivity contribution < 1.29 is 9.53 Å². The molecule has 0 saturated heterocycles. The Morgan fingerprint density at radius 2 is 1.88 bits per heavy atom. The van der Waals surface area contributed by atoms with E-state index in [2.05, 4.69) is 17.1 Å². The Kier molecular flexibility index (Phi) is 6.11. The van der Waals surface area contributed by atoms with Gasteiger partial charge in [-0.25, -0.2) is 9.97 Å². The molecule has 5 rings (SSSR count). The van der Waals surface area contributed by atoms with E-state index in [4.69, 9.17) is 15.1 Å². The summed E-state index contributed by atoms with van der Waals surface area (Å²) in [6, 6.07) is 8.51. The van der Waals surface area contributed by atoms with E-state index in [0.717, 1.165) is 16.7 Å². The van der Waals surface area contributed by atoms with Crippen molar-refractivity contribution in [2.75, 3.05) is 13.2 Å². The highest BCUT2D eigenvalue weighted by atomic mass is 16.5. The number of carbonyl (C=O) groups is 1. The Hall–Kier alpha value is -2.86. The van der Waals surface area contributed by atoms with Gasteiger partial charge in [0, 0.05) is 17.2 Å². The molecule has 0 unspecified atom stereocenters. The van der Waals surface area contributed by atoms with Crippen LogP contribution in [0.5, 0.6) is 0 Å². The molecule has 1 aliphatic carbocycles. The van der Waals surface area contributed by atoms with Gasteiger partial charge in [0.2, 0.25) is 0 Å². The van der Waals surface area contributed by atoms with Crippen molar-refractivity contribution in [3.63, 3.8) is 0 Å². The number of benzene rings is 1. The van der Waals surface area contributed by atoms with Gasteiger partial charge < -0.3 is 9.64 Å². The standard InChI is InChI=1S/C27H32N4O2/c1-17(2)31-16-22-24(29-26(30-25(22)27(31)32)21-12-14-33-15-13-21)23(28)20-10-8-19(9-11-20)18-6-4-3-5-7-18/h8-12,17-18,28H,3-7,13-16H2,1-2H3. The molecule has 2 aromatic rings. The second-order valence-corrected chi connectivity index (χ2v) is 9.64. The molecule has 0 atom stereocenters. The molecule has 2 aliphatic heterocycles. The number of aromatic nitrogens is 2. The molecule has 1 N–H and O–H groups in total. The SMILES string of the molecule is CC(C)N1Cc2c(C(=N)c3ccc(C4CCCCC4)cc3)nc(C3=CCOCC3)nc2C1=O. The van der Waals surface area contributed by atoms with Crippen LogP contribution in [0.1, 0.15) is 97.0 Å². The fourth-order valence-electron chi connectivity index (χ4n) is 5.18. The summed E-state index contributed by atoms with van der Waals surface area (Å²) < 4.78 is 5.44. The zero-order chi connectivity index (χ0) is 22.9. The number of hydrogen-bond donors (Lipinski definition) is 1. The summed E-state index contributed by atoms with van der Waals surface area (Å²) in [7, 11) is 0. The van der Waals surface area contributed by atoms with Gasteiger partial charge in [-0.05, 0) is 50.2 Å². The lowest BCUT2D eigenvalue weighted by Crippen LogP contribution is -2.31. The van der Waals surface area contributed by atoms with Gasteiger partial charge in [-0.3, -0.25) is 10.2 Å². The van der Waals surface area contributed by atoms with Crippen molar-refractivity contribution in [3.05, 3.63) is 64.2 Å². The van der Waals surface area contributed by atoms with Crippen LogP contribution in [0, 0.1) is 5.41 Å². The Morgan fingerprint density at radius 3 is 2.55 bits per heavy atom. The monoisotopic (exact) mass is 444 g/mol. The third kappa shape index (κ3) is 4.24. The van der Waals surface area contributed by atoms with Crippen molar-refractivity contribution in [3.8, 4) is 0 Å². The molecule has 1 fully saturated rings. The quantitative estimate of drug-likeness (QED) is 0.650. The number of nitrogens with one attached hydrogen (secondary N) is 1. The Morgan fingerprint density at radius 1 is 1.12 bits per heavy atom. The molecule has 1 aromatic heterocycles. The number of rotatable bonds is 5. The lowest BCUT2D eigenvalue weighted by molar-refractivity contribution is 0.0726. The first kappa shape index (κ1) is 22.0. The molecule has 3 aliphatic rings. The number of amides is 1. The summed E-state index contributed by atoms with van der Waals surface area (Å²) in [5.74, 6) is 1.11. The number of hydrogen-bond acceptors (Lipinski definition) is 5.